The second-order valence-corrected chi connectivity index (χ2v) is 6.80. The van der Waals surface area contributed by atoms with E-state index in [4.69, 9.17) is 16.1 Å². The zero-order chi connectivity index (χ0) is 19.9. The minimum absolute atomic E-state index is 0.114. The van der Waals surface area contributed by atoms with Gasteiger partial charge in [-0.1, -0.05) is 42.2 Å². The van der Waals surface area contributed by atoms with Crippen molar-refractivity contribution in [3.8, 4) is 11.4 Å². The summed E-state index contributed by atoms with van der Waals surface area (Å²) >= 11 is 6.18. The van der Waals surface area contributed by atoms with Gasteiger partial charge in [-0.25, -0.2) is 4.39 Å². The van der Waals surface area contributed by atoms with E-state index in [0.29, 0.717) is 47.4 Å². The Hall–Kier alpha value is -2.73. The quantitative estimate of drug-likeness (QED) is 0.532. The molecule has 7 heteroatoms. The number of rotatable bonds is 8. The van der Waals surface area contributed by atoms with Gasteiger partial charge in [0.05, 0.1) is 10.6 Å². The number of benzene rings is 2. The molecule has 1 heterocycles. The molecule has 3 aromatic rings. The first-order chi connectivity index (χ1) is 13.6. The molecule has 0 N–H and O–H groups in total. The summed E-state index contributed by atoms with van der Waals surface area (Å²) < 4.78 is 18.3. The third-order valence-corrected chi connectivity index (χ3v) is 4.67. The van der Waals surface area contributed by atoms with Gasteiger partial charge in [0.1, 0.15) is 5.82 Å². The fourth-order valence-corrected chi connectivity index (χ4v) is 2.99. The van der Waals surface area contributed by atoms with E-state index in [-0.39, 0.29) is 11.7 Å². The third-order valence-electron chi connectivity index (χ3n) is 4.34. The summed E-state index contributed by atoms with van der Waals surface area (Å²) in [6, 6.07) is 12.9. The summed E-state index contributed by atoms with van der Waals surface area (Å²) in [5, 5.41) is 4.38. The van der Waals surface area contributed by atoms with Crippen molar-refractivity contribution in [1.82, 2.24) is 15.0 Å². The number of unbranched alkanes of at least 4 members (excludes halogenated alkanes) is 1. The van der Waals surface area contributed by atoms with Crippen LogP contribution >= 0.6 is 11.6 Å². The molecule has 0 saturated heterocycles. The van der Waals surface area contributed by atoms with Crippen molar-refractivity contribution in [2.24, 2.45) is 0 Å². The molecule has 0 aliphatic rings. The summed E-state index contributed by atoms with van der Waals surface area (Å²) in [5.41, 5.74) is 1.16. The number of hydrogen-bond donors (Lipinski definition) is 0. The van der Waals surface area contributed by atoms with E-state index in [1.807, 2.05) is 0 Å². The van der Waals surface area contributed by atoms with Crippen molar-refractivity contribution < 1.29 is 13.7 Å². The molecule has 0 spiro atoms. The fourth-order valence-electron chi connectivity index (χ4n) is 2.77. The Kier molecular flexibility index (Phi) is 6.76. The predicted octanol–water partition coefficient (Wildman–Crippen LogP) is 5.01. The van der Waals surface area contributed by atoms with Gasteiger partial charge in [0.2, 0.25) is 11.7 Å². The Morgan fingerprint density at radius 3 is 2.61 bits per heavy atom. The molecule has 0 unspecified atom stereocenters. The van der Waals surface area contributed by atoms with E-state index >= 15 is 0 Å². The number of halogens is 2. The van der Waals surface area contributed by atoms with E-state index in [9.17, 15) is 9.18 Å². The van der Waals surface area contributed by atoms with Crippen LogP contribution in [0.2, 0.25) is 5.02 Å². The van der Waals surface area contributed by atoms with Gasteiger partial charge in [0.15, 0.2) is 0 Å². The van der Waals surface area contributed by atoms with Crippen LogP contribution in [0.5, 0.6) is 0 Å². The van der Waals surface area contributed by atoms with Crippen LogP contribution in [-0.2, 0) is 6.42 Å². The maximum atomic E-state index is 13.1. The molecule has 0 bridgehead atoms. The molecule has 0 radical (unpaired) electrons. The topological polar surface area (TPSA) is 59.2 Å². The smallest absolute Gasteiger partial charge is 0.255 e. The minimum atomic E-state index is -0.322. The van der Waals surface area contributed by atoms with Gasteiger partial charge in [0, 0.05) is 25.1 Å². The van der Waals surface area contributed by atoms with Crippen LogP contribution in [0, 0.1) is 5.82 Å². The van der Waals surface area contributed by atoms with Crippen LogP contribution in [0.25, 0.3) is 11.4 Å². The summed E-state index contributed by atoms with van der Waals surface area (Å²) in [5.74, 6) is 0.384. The second-order valence-electron chi connectivity index (χ2n) is 6.39. The SMILES string of the molecule is CCCCN(CCc1nc(-c2ccc(F)cc2)no1)C(=O)c1ccccc1Cl. The molecule has 0 atom stereocenters. The Morgan fingerprint density at radius 1 is 1.14 bits per heavy atom. The zero-order valence-electron chi connectivity index (χ0n) is 15.6. The summed E-state index contributed by atoms with van der Waals surface area (Å²) in [6.07, 6.45) is 2.29. The molecule has 5 nitrogen and oxygen atoms in total. The monoisotopic (exact) mass is 401 g/mol. The van der Waals surface area contributed by atoms with E-state index in [2.05, 4.69) is 17.1 Å². The van der Waals surface area contributed by atoms with Crippen LogP contribution in [0.3, 0.4) is 0 Å². The first-order valence-corrected chi connectivity index (χ1v) is 9.58. The highest BCUT2D eigenvalue weighted by Gasteiger charge is 2.19. The normalized spacial score (nSPS) is 10.8. The highest BCUT2D eigenvalue weighted by molar-refractivity contribution is 6.33. The van der Waals surface area contributed by atoms with E-state index < -0.39 is 0 Å². The van der Waals surface area contributed by atoms with Crippen molar-refractivity contribution in [2.75, 3.05) is 13.1 Å². The number of aromatic nitrogens is 2. The molecule has 1 amide bonds. The lowest BCUT2D eigenvalue weighted by Gasteiger charge is -2.22. The second kappa shape index (κ2) is 9.46. The average Bonchev–Trinajstić information content (AvgIpc) is 3.17. The van der Waals surface area contributed by atoms with Gasteiger partial charge in [-0.05, 0) is 42.8 Å². The lowest BCUT2D eigenvalue weighted by molar-refractivity contribution is 0.0752. The number of carbonyl (C=O) groups is 1. The summed E-state index contributed by atoms with van der Waals surface area (Å²) in [7, 11) is 0. The Balaban J connectivity index is 1.69. The molecule has 146 valence electrons. The van der Waals surface area contributed by atoms with Gasteiger partial charge >= 0.3 is 0 Å². The number of hydrogen-bond acceptors (Lipinski definition) is 4. The zero-order valence-corrected chi connectivity index (χ0v) is 16.3. The average molecular weight is 402 g/mol. The first-order valence-electron chi connectivity index (χ1n) is 9.21. The van der Waals surface area contributed by atoms with Crippen molar-refractivity contribution in [1.29, 1.82) is 0 Å². The van der Waals surface area contributed by atoms with Gasteiger partial charge in [-0.2, -0.15) is 4.98 Å². The molecule has 0 saturated carbocycles. The standard InChI is InChI=1S/C21H21ClFN3O2/c1-2-3-13-26(21(27)17-6-4-5-7-18(17)22)14-12-19-24-20(25-28-19)15-8-10-16(23)11-9-15/h4-11H,2-3,12-14H2,1H3. The van der Waals surface area contributed by atoms with E-state index in [1.54, 1.807) is 41.3 Å². The summed E-state index contributed by atoms with van der Waals surface area (Å²) in [4.78, 5) is 19.0. The molecular weight excluding hydrogens is 381 g/mol. The Bertz CT molecular complexity index is 927. The molecular formula is C21H21ClFN3O2. The largest absolute Gasteiger partial charge is 0.339 e. The Morgan fingerprint density at radius 2 is 1.89 bits per heavy atom. The van der Waals surface area contributed by atoms with Gasteiger partial charge in [-0.15, -0.1) is 0 Å². The minimum Gasteiger partial charge on any atom is -0.339 e. The maximum Gasteiger partial charge on any atom is 0.255 e. The van der Waals surface area contributed by atoms with E-state index in [1.165, 1.54) is 12.1 Å². The maximum absolute atomic E-state index is 13.1. The van der Waals surface area contributed by atoms with Crippen LogP contribution in [0.15, 0.2) is 53.1 Å². The van der Waals surface area contributed by atoms with E-state index in [0.717, 1.165) is 12.8 Å². The van der Waals surface area contributed by atoms with Crippen LogP contribution in [-0.4, -0.2) is 34.0 Å². The van der Waals surface area contributed by atoms with Crippen molar-refractivity contribution in [2.45, 2.75) is 26.2 Å². The lowest BCUT2D eigenvalue weighted by Crippen LogP contribution is -2.34. The predicted molar refractivity (Wildman–Crippen MR) is 106 cm³/mol. The number of nitrogens with zero attached hydrogens (tertiary/aromatic N) is 3. The molecule has 0 fully saturated rings. The first kappa shape index (κ1) is 20.0. The molecule has 2 aromatic carbocycles. The van der Waals surface area contributed by atoms with Crippen LogP contribution < -0.4 is 0 Å². The number of carbonyl (C=O) groups excluding carboxylic acids is 1. The van der Waals surface area contributed by atoms with Gasteiger partial charge < -0.3 is 9.42 Å². The number of amides is 1. The molecule has 0 aliphatic heterocycles. The highest BCUT2D eigenvalue weighted by atomic mass is 35.5. The molecule has 1 aromatic heterocycles. The molecule has 3 rings (SSSR count). The summed E-state index contributed by atoms with van der Waals surface area (Å²) in [6.45, 7) is 3.14. The highest BCUT2D eigenvalue weighted by Crippen LogP contribution is 2.19. The molecule has 0 aliphatic carbocycles. The van der Waals surface area contributed by atoms with Crippen LogP contribution in [0.4, 0.5) is 4.39 Å². The Labute approximate surface area is 168 Å². The van der Waals surface area contributed by atoms with Crippen molar-refractivity contribution in [3.63, 3.8) is 0 Å². The van der Waals surface area contributed by atoms with Gasteiger partial charge in [-0.3, -0.25) is 4.79 Å². The van der Waals surface area contributed by atoms with Crippen molar-refractivity contribution >= 4 is 17.5 Å². The third kappa shape index (κ3) is 4.95. The lowest BCUT2D eigenvalue weighted by atomic mass is 10.1. The molecule has 28 heavy (non-hydrogen) atoms. The van der Waals surface area contributed by atoms with Crippen molar-refractivity contribution in [3.05, 3.63) is 70.8 Å². The van der Waals surface area contributed by atoms with Gasteiger partial charge in [0.25, 0.3) is 5.91 Å². The fraction of sp³-hybridized carbons (Fsp3) is 0.286. The van der Waals surface area contributed by atoms with Crippen LogP contribution in [0.1, 0.15) is 36.0 Å².